The predicted octanol–water partition coefficient (Wildman–Crippen LogP) is 9.61. The van der Waals surface area contributed by atoms with Gasteiger partial charge in [0.2, 0.25) is 0 Å². The lowest BCUT2D eigenvalue weighted by Crippen LogP contribution is -2.56. The van der Waals surface area contributed by atoms with Gasteiger partial charge in [-0.1, -0.05) is 101 Å². The fraction of sp³-hybridized carbons (Fsp3) is 0.706. The summed E-state index contributed by atoms with van der Waals surface area (Å²) in [6.45, 7) is 23.8. The number of aromatic hydroxyl groups is 1. The minimum atomic E-state index is -0.541. The number of carbonyl (C=O) groups excluding carboxylic acids is 1. The molecular formula is C34H62N2O4. The largest absolute Gasteiger partial charge is 0.508 e. The molecule has 2 aliphatic rings. The molecule has 2 N–H and O–H groups in total. The molecular weight excluding hydrogens is 500 g/mol. The number of hydrogen-bond acceptors (Lipinski definition) is 3. The molecule has 0 radical (unpaired) electrons. The van der Waals surface area contributed by atoms with Crippen LogP contribution in [0.5, 0.6) is 5.75 Å². The van der Waals surface area contributed by atoms with Crippen molar-refractivity contribution in [2.45, 2.75) is 133 Å². The first kappa shape index (κ1) is 39.6. The van der Waals surface area contributed by atoms with Crippen LogP contribution in [0.15, 0.2) is 30.0 Å². The van der Waals surface area contributed by atoms with Gasteiger partial charge in [0.25, 0.3) is 6.47 Å². The molecule has 40 heavy (non-hydrogen) atoms. The van der Waals surface area contributed by atoms with Crippen molar-refractivity contribution in [1.29, 1.82) is 0 Å². The van der Waals surface area contributed by atoms with Gasteiger partial charge in [-0.3, -0.25) is 4.79 Å². The van der Waals surface area contributed by atoms with E-state index in [0.717, 1.165) is 49.8 Å². The highest BCUT2D eigenvalue weighted by atomic mass is 16.3. The summed E-state index contributed by atoms with van der Waals surface area (Å²) < 4.78 is 0. The van der Waals surface area contributed by atoms with Gasteiger partial charge in [-0.2, -0.15) is 0 Å². The summed E-state index contributed by atoms with van der Waals surface area (Å²) in [7, 11) is 1.90. The lowest BCUT2D eigenvalue weighted by atomic mass is 9.74. The Labute approximate surface area is 246 Å². The average Bonchev–Trinajstić information content (AvgIpc) is 3.69. The van der Waals surface area contributed by atoms with Gasteiger partial charge in [-0.05, 0) is 73.1 Å². The molecule has 3 rings (SSSR count). The highest BCUT2D eigenvalue weighted by Gasteiger charge is 2.54. The fourth-order valence-electron chi connectivity index (χ4n) is 4.73. The molecule has 1 atom stereocenters. The Morgan fingerprint density at radius 1 is 1.00 bits per heavy atom. The van der Waals surface area contributed by atoms with Crippen LogP contribution in [0.4, 0.5) is 4.79 Å². The number of unbranched alkanes of at least 4 members (excludes halogenated alkanes) is 2. The second-order valence-electron chi connectivity index (χ2n) is 10.9. The third-order valence-electron chi connectivity index (χ3n) is 7.47. The van der Waals surface area contributed by atoms with E-state index in [2.05, 4.69) is 60.7 Å². The highest BCUT2D eigenvalue weighted by molar-refractivity contribution is 5.79. The molecule has 1 aromatic carbocycles. The molecule has 2 amide bonds. The Bertz CT molecular complexity index is 875. The van der Waals surface area contributed by atoms with Gasteiger partial charge in [0, 0.05) is 19.8 Å². The Balaban J connectivity index is 0. The number of likely N-dealkylation sites (N-methyl/N-ethyl adjacent to an activating group) is 1. The number of phenols is 1. The monoisotopic (exact) mass is 562 g/mol. The lowest BCUT2D eigenvalue weighted by molar-refractivity contribution is -0.122. The molecule has 1 heterocycles. The van der Waals surface area contributed by atoms with Crippen molar-refractivity contribution in [2.75, 3.05) is 13.6 Å². The molecule has 1 fully saturated rings. The molecule has 0 spiro atoms. The maximum Gasteiger partial charge on any atom is 0.324 e. The number of rotatable bonds is 9. The number of carbonyl (C=O) groups is 2. The third kappa shape index (κ3) is 11.2. The number of carboxylic acid groups (broad SMARTS) is 1. The minimum absolute atomic E-state index is 0.0284. The lowest BCUT2D eigenvalue weighted by Gasteiger charge is -2.49. The summed E-state index contributed by atoms with van der Waals surface area (Å²) in [5.74, 6) is 0.948. The van der Waals surface area contributed by atoms with E-state index in [0.29, 0.717) is 11.7 Å². The number of phenolic OH excluding ortho intramolecular Hbond substituents is 1. The van der Waals surface area contributed by atoms with Crippen LogP contribution in [0.1, 0.15) is 132 Å². The first-order valence-electron chi connectivity index (χ1n) is 15.6. The van der Waals surface area contributed by atoms with Crippen LogP contribution in [0, 0.1) is 11.3 Å². The van der Waals surface area contributed by atoms with Crippen LogP contribution in [0.3, 0.4) is 0 Å². The summed E-state index contributed by atoms with van der Waals surface area (Å²) >= 11 is 0. The zero-order valence-electron chi connectivity index (χ0n) is 27.9. The molecule has 1 unspecified atom stereocenters. The Morgan fingerprint density at radius 3 is 1.90 bits per heavy atom. The van der Waals surface area contributed by atoms with Gasteiger partial charge in [0.1, 0.15) is 5.75 Å². The molecule has 0 bridgehead atoms. The number of benzene rings is 1. The molecule has 0 saturated heterocycles. The van der Waals surface area contributed by atoms with E-state index in [1.54, 1.807) is 0 Å². The van der Waals surface area contributed by atoms with E-state index in [4.69, 9.17) is 9.90 Å². The first-order valence-corrected chi connectivity index (χ1v) is 15.6. The van der Waals surface area contributed by atoms with Crippen LogP contribution in [0.2, 0.25) is 0 Å². The van der Waals surface area contributed by atoms with Crippen LogP contribution in [-0.2, 0) is 16.8 Å². The number of urea groups is 1. The normalized spacial score (nSPS) is 18.4. The standard InChI is InChI=1S/C24H36N2O2.C5H12.2C2H6.CH2O2/c1-7-14-26-16-21(23(4)12-13-23)24(5,25(6)22(26)28)19-11-10-18(20(27)15-19)9-8-17(2)3;1-3-5-4-2;2*1-2;2-1-3/h10-11,15-17,27H,7-9,12-14H2,1-6H3;3-5H2,1-2H3;2*1-2H3;1H,(H,2,3). The summed E-state index contributed by atoms with van der Waals surface area (Å²) in [5.41, 5.74) is 2.85. The number of nitrogens with zero attached hydrogens (tertiary/aromatic N) is 2. The Morgan fingerprint density at radius 2 is 1.52 bits per heavy atom. The molecule has 6 heteroatoms. The maximum atomic E-state index is 13.1. The second kappa shape index (κ2) is 20.4. The Kier molecular flexibility index (Phi) is 20.2. The van der Waals surface area contributed by atoms with Gasteiger partial charge < -0.3 is 20.0 Å². The number of amides is 2. The van der Waals surface area contributed by atoms with E-state index in [-0.39, 0.29) is 17.9 Å². The van der Waals surface area contributed by atoms with Crippen LogP contribution < -0.4 is 0 Å². The zero-order chi connectivity index (χ0) is 31.5. The van der Waals surface area contributed by atoms with Crippen LogP contribution >= 0.6 is 0 Å². The topological polar surface area (TPSA) is 81.1 Å². The average molecular weight is 563 g/mol. The molecule has 1 aliphatic carbocycles. The summed E-state index contributed by atoms with van der Waals surface area (Å²) in [4.78, 5) is 25.2. The summed E-state index contributed by atoms with van der Waals surface area (Å²) in [6, 6.07) is 6.06. The molecule has 1 saturated carbocycles. The third-order valence-corrected chi connectivity index (χ3v) is 7.47. The molecule has 0 aromatic heterocycles. The summed E-state index contributed by atoms with van der Waals surface area (Å²) in [5, 5.41) is 17.6. The quantitative estimate of drug-likeness (QED) is 0.294. The van der Waals surface area contributed by atoms with Crippen molar-refractivity contribution in [3.63, 3.8) is 0 Å². The molecule has 6 nitrogen and oxygen atoms in total. The SMILES string of the molecule is CC.CC.CCCCC.CCCN1C=C(C2(C)CC2)C(C)(c2ccc(CCC(C)C)c(O)c2)N(C)C1=O.O=CO. The van der Waals surface area contributed by atoms with Crippen molar-refractivity contribution in [1.82, 2.24) is 9.80 Å². The summed E-state index contributed by atoms with van der Waals surface area (Å²) in [6.07, 6.45) is 11.3. The molecule has 1 aliphatic heterocycles. The van der Waals surface area contributed by atoms with Gasteiger partial charge in [0.05, 0.1) is 5.54 Å². The smallest absolute Gasteiger partial charge is 0.324 e. The van der Waals surface area contributed by atoms with Crippen LogP contribution in [-0.4, -0.2) is 46.1 Å². The van der Waals surface area contributed by atoms with E-state index in [9.17, 15) is 9.90 Å². The molecule has 1 aromatic rings. The van der Waals surface area contributed by atoms with Crippen molar-refractivity contribution in [2.24, 2.45) is 11.3 Å². The van der Waals surface area contributed by atoms with Crippen molar-refractivity contribution < 1.29 is 19.8 Å². The van der Waals surface area contributed by atoms with Crippen molar-refractivity contribution in [3.8, 4) is 5.75 Å². The predicted molar refractivity (Wildman–Crippen MR) is 171 cm³/mol. The van der Waals surface area contributed by atoms with Gasteiger partial charge >= 0.3 is 6.03 Å². The van der Waals surface area contributed by atoms with E-state index < -0.39 is 5.54 Å². The van der Waals surface area contributed by atoms with Gasteiger partial charge in [-0.25, -0.2) is 4.79 Å². The fourth-order valence-corrected chi connectivity index (χ4v) is 4.73. The molecule has 232 valence electrons. The number of aryl methyl sites for hydroxylation is 1. The van der Waals surface area contributed by atoms with E-state index >= 15 is 0 Å². The first-order chi connectivity index (χ1) is 19.0. The zero-order valence-corrected chi connectivity index (χ0v) is 27.9. The highest BCUT2D eigenvalue weighted by Crippen LogP contribution is 2.59. The Hall–Kier alpha value is -2.50. The minimum Gasteiger partial charge on any atom is -0.508 e. The van der Waals surface area contributed by atoms with E-state index in [1.165, 1.54) is 24.8 Å². The van der Waals surface area contributed by atoms with Crippen molar-refractivity contribution >= 4 is 12.5 Å². The van der Waals surface area contributed by atoms with E-state index in [1.807, 2.05) is 56.7 Å². The van der Waals surface area contributed by atoms with Crippen LogP contribution in [0.25, 0.3) is 0 Å². The second-order valence-corrected chi connectivity index (χ2v) is 10.9. The maximum absolute atomic E-state index is 13.1. The van der Waals surface area contributed by atoms with Gasteiger partial charge in [-0.15, -0.1) is 0 Å². The number of hydrogen-bond donors (Lipinski definition) is 2. The van der Waals surface area contributed by atoms with Gasteiger partial charge in [0.15, 0.2) is 0 Å². The van der Waals surface area contributed by atoms with Crippen molar-refractivity contribution in [3.05, 3.63) is 41.1 Å².